The highest BCUT2D eigenvalue weighted by Gasteiger charge is 2.18. The normalized spacial score (nSPS) is 11.4. The van der Waals surface area contributed by atoms with Crippen LogP contribution in [-0.4, -0.2) is 18.4 Å². The van der Waals surface area contributed by atoms with Crippen LogP contribution in [0.5, 0.6) is 5.75 Å². The predicted octanol–water partition coefficient (Wildman–Crippen LogP) is 5.72. The van der Waals surface area contributed by atoms with Gasteiger partial charge in [0.05, 0.1) is 19.0 Å². The minimum Gasteiger partial charge on any atom is -0.484 e. The molecule has 1 N–H and O–H groups in total. The number of nitrogens with one attached hydrogen (secondary N) is 1. The molecule has 0 aliphatic rings. The summed E-state index contributed by atoms with van der Waals surface area (Å²) in [7, 11) is 0. The first-order valence-electron chi connectivity index (χ1n) is 12.0. The van der Waals surface area contributed by atoms with Crippen LogP contribution in [-0.2, 0) is 22.6 Å². The molecule has 182 valence electrons. The molecule has 36 heavy (non-hydrogen) atoms. The smallest absolute Gasteiger partial charge is 0.265 e. The van der Waals surface area contributed by atoms with Gasteiger partial charge in [0.15, 0.2) is 6.61 Å². The van der Waals surface area contributed by atoms with Crippen molar-refractivity contribution in [3.05, 3.63) is 132 Å². The number of hydrogen-bond acceptors (Lipinski definition) is 3. The molecule has 0 aliphatic heterocycles. The molecule has 0 saturated carbocycles. The Morgan fingerprint density at radius 1 is 0.778 bits per heavy atom. The lowest BCUT2D eigenvalue weighted by Gasteiger charge is -2.24. The van der Waals surface area contributed by atoms with Crippen molar-refractivity contribution in [3.63, 3.8) is 0 Å². The van der Waals surface area contributed by atoms with Crippen molar-refractivity contribution in [1.82, 2.24) is 5.32 Å². The highest BCUT2D eigenvalue weighted by atomic mass is 16.5. The van der Waals surface area contributed by atoms with Crippen LogP contribution in [0, 0.1) is 0 Å². The molecule has 0 radical (unpaired) electrons. The van der Waals surface area contributed by atoms with Gasteiger partial charge in [-0.05, 0) is 47.9 Å². The minimum atomic E-state index is -0.165. The largest absolute Gasteiger partial charge is 0.484 e. The molecule has 0 aliphatic carbocycles. The Kier molecular flexibility index (Phi) is 8.49. The molecule has 4 rings (SSSR count). The van der Waals surface area contributed by atoms with Crippen LogP contribution in [0.3, 0.4) is 0 Å². The Hall–Kier alpha value is -4.38. The lowest BCUT2D eigenvalue weighted by molar-refractivity contribution is -0.121. The maximum absolute atomic E-state index is 13.3. The molecule has 0 fully saturated rings. The maximum Gasteiger partial charge on any atom is 0.265 e. The standard InChI is InChI=1S/C31H30N2O3/c1-24(27-15-7-3-8-16-27)32-30(34)21-26-14-11-17-28(20-26)33(22-25-12-5-2-6-13-25)31(35)23-36-29-18-9-4-10-19-29/h2-20,24H,21-23H2,1H3,(H,32,34)/t24-/m0/s1. The van der Waals surface area contributed by atoms with Crippen molar-refractivity contribution < 1.29 is 14.3 Å². The molecule has 4 aromatic carbocycles. The third kappa shape index (κ3) is 7.06. The number of benzene rings is 4. The quantitative estimate of drug-likeness (QED) is 0.317. The summed E-state index contributed by atoms with van der Waals surface area (Å²) in [6.07, 6.45) is 0.221. The number of hydrogen-bond donors (Lipinski definition) is 1. The van der Waals surface area contributed by atoms with Gasteiger partial charge in [0.25, 0.3) is 5.91 Å². The van der Waals surface area contributed by atoms with Gasteiger partial charge in [0.1, 0.15) is 5.75 Å². The Labute approximate surface area is 212 Å². The second kappa shape index (κ2) is 12.4. The summed E-state index contributed by atoms with van der Waals surface area (Å²) >= 11 is 0. The number of anilines is 1. The average Bonchev–Trinajstić information content (AvgIpc) is 2.92. The highest BCUT2D eigenvalue weighted by Crippen LogP contribution is 2.21. The number of amides is 2. The topological polar surface area (TPSA) is 58.6 Å². The Balaban J connectivity index is 1.48. The summed E-state index contributed by atoms with van der Waals surface area (Å²) in [5.41, 5.74) is 3.62. The molecular formula is C31H30N2O3. The number of carbonyl (C=O) groups is 2. The second-order valence-corrected chi connectivity index (χ2v) is 8.61. The van der Waals surface area contributed by atoms with Gasteiger partial charge < -0.3 is 15.0 Å². The molecule has 5 heteroatoms. The third-order valence-electron chi connectivity index (χ3n) is 5.85. The van der Waals surface area contributed by atoms with E-state index in [4.69, 9.17) is 4.74 Å². The second-order valence-electron chi connectivity index (χ2n) is 8.61. The molecule has 0 saturated heterocycles. The summed E-state index contributed by atoms with van der Waals surface area (Å²) in [6, 6.07) is 36.5. The van der Waals surface area contributed by atoms with Gasteiger partial charge in [0, 0.05) is 5.69 Å². The molecular weight excluding hydrogens is 448 g/mol. The highest BCUT2D eigenvalue weighted by molar-refractivity contribution is 5.94. The number of nitrogens with zero attached hydrogens (tertiary/aromatic N) is 1. The van der Waals surface area contributed by atoms with Crippen molar-refractivity contribution in [2.45, 2.75) is 25.9 Å². The lowest BCUT2D eigenvalue weighted by atomic mass is 10.1. The van der Waals surface area contributed by atoms with Crippen LogP contribution < -0.4 is 15.0 Å². The number of ether oxygens (including phenoxy) is 1. The number of para-hydroxylation sites is 1. The molecule has 0 unspecified atom stereocenters. The Bertz CT molecular complexity index is 1260. The van der Waals surface area contributed by atoms with Crippen LogP contribution in [0.2, 0.25) is 0 Å². The summed E-state index contributed by atoms with van der Waals surface area (Å²) < 4.78 is 5.73. The van der Waals surface area contributed by atoms with E-state index >= 15 is 0 Å². The monoisotopic (exact) mass is 478 g/mol. The zero-order valence-electron chi connectivity index (χ0n) is 20.3. The maximum atomic E-state index is 13.3. The molecule has 2 amide bonds. The zero-order chi connectivity index (χ0) is 25.2. The fourth-order valence-electron chi connectivity index (χ4n) is 3.97. The third-order valence-corrected chi connectivity index (χ3v) is 5.85. The van der Waals surface area contributed by atoms with E-state index in [-0.39, 0.29) is 30.9 Å². The minimum absolute atomic E-state index is 0.0724. The first kappa shape index (κ1) is 24.7. The van der Waals surface area contributed by atoms with Gasteiger partial charge in [-0.3, -0.25) is 9.59 Å². The van der Waals surface area contributed by atoms with E-state index in [1.165, 1.54) is 0 Å². The van der Waals surface area contributed by atoms with E-state index in [1.807, 2.05) is 122 Å². The van der Waals surface area contributed by atoms with Gasteiger partial charge in [-0.2, -0.15) is 0 Å². The van der Waals surface area contributed by atoms with Crippen molar-refractivity contribution in [3.8, 4) is 5.75 Å². The summed E-state index contributed by atoms with van der Waals surface area (Å²) in [5, 5.41) is 3.05. The van der Waals surface area contributed by atoms with E-state index in [1.54, 1.807) is 4.90 Å². The Morgan fingerprint density at radius 3 is 2.08 bits per heavy atom. The van der Waals surface area contributed by atoms with Gasteiger partial charge in [-0.25, -0.2) is 0 Å². The van der Waals surface area contributed by atoms with Crippen molar-refractivity contribution in [2.75, 3.05) is 11.5 Å². The van der Waals surface area contributed by atoms with E-state index < -0.39 is 0 Å². The first-order valence-corrected chi connectivity index (χ1v) is 12.0. The number of carbonyl (C=O) groups excluding carboxylic acids is 2. The molecule has 0 bridgehead atoms. The van der Waals surface area contributed by atoms with Crippen LogP contribution in [0.15, 0.2) is 115 Å². The molecule has 0 spiro atoms. The lowest BCUT2D eigenvalue weighted by Crippen LogP contribution is -2.34. The van der Waals surface area contributed by atoms with Crippen LogP contribution in [0.1, 0.15) is 29.7 Å². The summed E-state index contributed by atoms with van der Waals surface area (Å²) in [6.45, 7) is 2.28. The molecule has 0 aromatic heterocycles. The fourth-order valence-corrected chi connectivity index (χ4v) is 3.97. The fraction of sp³-hybridized carbons (Fsp3) is 0.161. The number of rotatable bonds is 10. The van der Waals surface area contributed by atoms with E-state index in [0.717, 1.165) is 22.4 Å². The molecule has 0 heterocycles. The molecule has 4 aromatic rings. The van der Waals surface area contributed by atoms with Crippen LogP contribution >= 0.6 is 0 Å². The van der Waals surface area contributed by atoms with E-state index in [2.05, 4.69) is 5.32 Å². The average molecular weight is 479 g/mol. The van der Waals surface area contributed by atoms with Gasteiger partial charge in [-0.1, -0.05) is 91.0 Å². The van der Waals surface area contributed by atoms with Gasteiger partial charge in [-0.15, -0.1) is 0 Å². The summed E-state index contributed by atoms with van der Waals surface area (Å²) in [5.74, 6) is 0.405. The zero-order valence-corrected chi connectivity index (χ0v) is 20.3. The SMILES string of the molecule is C[C@H](NC(=O)Cc1cccc(N(Cc2ccccc2)C(=O)COc2ccccc2)c1)c1ccccc1. The van der Waals surface area contributed by atoms with Gasteiger partial charge >= 0.3 is 0 Å². The molecule has 5 nitrogen and oxygen atoms in total. The van der Waals surface area contributed by atoms with Crippen molar-refractivity contribution in [1.29, 1.82) is 0 Å². The van der Waals surface area contributed by atoms with E-state index in [9.17, 15) is 9.59 Å². The van der Waals surface area contributed by atoms with Crippen molar-refractivity contribution in [2.24, 2.45) is 0 Å². The predicted molar refractivity (Wildman–Crippen MR) is 143 cm³/mol. The van der Waals surface area contributed by atoms with Crippen LogP contribution in [0.4, 0.5) is 5.69 Å². The van der Waals surface area contributed by atoms with Crippen LogP contribution in [0.25, 0.3) is 0 Å². The first-order chi connectivity index (χ1) is 17.6. The summed E-state index contributed by atoms with van der Waals surface area (Å²) in [4.78, 5) is 27.7. The van der Waals surface area contributed by atoms with Crippen molar-refractivity contribution >= 4 is 17.5 Å². The van der Waals surface area contributed by atoms with E-state index in [0.29, 0.717) is 12.3 Å². The molecule has 1 atom stereocenters. The van der Waals surface area contributed by atoms with Gasteiger partial charge in [0.2, 0.25) is 5.91 Å². The Morgan fingerprint density at radius 2 is 1.39 bits per heavy atom.